The van der Waals surface area contributed by atoms with Crippen LogP contribution >= 0.6 is 11.6 Å². The molecule has 3 N–H and O–H groups in total. The van der Waals surface area contributed by atoms with Crippen LogP contribution in [0.2, 0.25) is 5.02 Å². The maximum atomic E-state index is 12.8. The van der Waals surface area contributed by atoms with E-state index in [0.717, 1.165) is 12.1 Å². The maximum Gasteiger partial charge on any atom is 0.416 e. The van der Waals surface area contributed by atoms with Crippen LogP contribution in [0.1, 0.15) is 5.56 Å². The lowest BCUT2D eigenvalue weighted by Crippen LogP contribution is -2.04. The summed E-state index contributed by atoms with van der Waals surface area (Å²) in [5, 5.41) is 7.53. The second kappa shape index (κ2) is 4.66. The molecule has 0 bridgehead atoms. The van der Waals surface area contributed by atoms with Crippen LogP contribution in [0.5, 0.6) is 0 Å². The molecular weight excluding hydrogens is 303 g/mol. The zero-order valence-corrected chi connectivity index (χ0v) is 11.3. The van der Waals surface area contributed by atoms with Crippen LogP contribution in [0.25, 0.3) is 22.2 Å². The molecule has 0 unspecified atom stereocenters. The molecule has 0 spiro atoms. The van der Waals surface area contributed by atoms with E-state index < -0.39 is 11.7 Å². The van der Waals surface area contributed by atoms with Gasteiger partial charge in [-0.1, -0.05) is 17.7 Å². The Balaban J connectivity index is 2.28. The van der Waals surface area contributed by atoms with Crippen molar-refractivity contribution in [1.82, 2.24) is 10.2 Å². The third kappa shape index (κ3) is 2.31. The molecule has 108 valence electrons. The Bertz CT molecular complexity index is 824. The van der Waals surface area contributed by atoms with Crippen LogP contribution in [0, 0.1) is 0 Å². The number of nitrogens with one attached hydrogen (secondary N) is 1. The van der Waals surface area contributed by atoms with Gasteiger partial charge >= 0.3 is 6.18 Å². The number of halogens is 4. The van der Waals surface area contributed by atoms with Crippen molar-refractivity contribution in [2.75, 3.05) is 5.73 Å². The van der Waals surface area contributed by atoms with E-state index in [-0.39, 0.29) is 10.6 Å². The Hall–Kier alpha value is -2.21. The van der Waals surface area contributed by atoms with Crippen LogP contribution in [-0.2, 0) is 6.18 Å². The van der Waals surface area contributed by atoms with Crippen LogP contribution < -0.4 is 5.73 Å². The van der Waals surface area contributed by atoms with Gasteiger partial charge in [-0.2, -0.15) is 18.3 Å². The minimum atomic E-state index is -4.45. The number of aromatic amines is 1. The van der Waals surface area contributed by atoms with Crippen LogP contribution in [0.15, 0.2) is 36.4 Å². The third-order valence-electron chi connectivity index (χ3n) is 3.17. The Morgan fingerprint density at radius 2 is 1.90 bits per heavy atom. The van der Waals surface area contributed by atoms with E-state index in [0.29, 0.717) is 22.3 Å². The van der Waals surface area contributed by atoms with Crippen LogP contribution in [0.4, 0.5) is 18.9 Å². The average Bonchev–Trinajstić information content (AvgIpc) is 2.83. The number of rotatable bonds is 1. The van der Waals surface area contributed by atoms with E-state index in [4.69, 9.17) is 17.3 Å². The monoisotopic (exact) mass is 311 g/mol. The lowest BCUT2D eigenvalue weighted by Gasteiger charge is -2.09. The number of nitrogens with zero attached hydrogens (tertiary/aromatic N) is 1. The van der Waals surface area contributed by atoms with Crippen molar-refractivity contribution >= 4 is 28.2 Å². The Kier molecular flexibility index (Phi) is 3.06. The molecule has 0 amide bonds. The van der Waals surface area contributed by atoms with Gasteiger partial charge in [-0.15, -0.1) is 0 Å². The Morgan fingerprint density at radius 1 is 1.14 bits per heavy atom. The summed E-state index contributed by atoms with van der Waals surface area (Å²) < 4.78 is 38.5. The summed E-state index contributed by atoms with van der Waals surface area (Å²) in [5.74, 6) is 0. The van der Waals surface area contributed by atoms with Crippen molar-refractivity contribution < 1.29 is 13.2 Å². The maximum absolute atomic E-state index is 12.8. The Labute approximate surface area is 122 Å². The minimum absolute atomic E-state index is 0.180. The van der Waals surface area contributed by atoms with Gasteiger partial charge in [-0.25, -0.2) is 0 Å². The standard InChI is InChI=1S/C14H9ClF3N3/c15-9-5-4-7(14(16,17)18)6-8(9)13-12-10(19)2-1-3-11(12)20-21-13/h1-6H,19H2,(H,20,21). The van der Waals surface area contributed by atoms with Gasteiger partial charge in [0.15, 0.2) is 0 Å². The lowest BCUT2D eigenvalue weighted by atomic mass is 10.0. The molecule has 0 fully saturated rings. The molecule has 3 aromatic rings. The molecule has 1 aromatic heterocycles. The van der Waals surface area contributed by atoms with Gasteiger partial charge in [0.25, 0.3) is 0 Å². The summed E-state index contributed by atoms with van der Waals surface area (Å²) in [7, 11) is 0. The van der Waals surface area contributed by atoms with Gasteiger partial charge in [-0.05, 0) is 30.3 Å². The fourth-order valence-corrected chi connectivity index (χ4v) is 2.38. The highest BCUT2D eigenvalue weighted by Gasteiger charge is 2.31. The summed E-state index contributed by atoms with van der Waals surface area (Å²) in [6.07, 6.45) is -4.45. The van der Waals surface area contributed by atoms with Crippen molar-refractivity contribution in [3.8, 4) is 11.3 Å². The summed E-state index contributed by atoms with van der Waals surface area (Å²) in [6.45, 7) is 0. The number of aromatic nitrogens is 2. The molecule has 0 saturated carbocycles. The number of nitrogen functional groups attached to an aromatic ring is 1. The van der Waals surface area contributed by atoms with Gasteiger partial charge in [0.05, 0.1) is 21.5 Å². The number of H-pyrrole nitrogens is 1. The predicted molar refractivity (Wildman–Crippen MR) is 76.0 cm³/mol. The minimum Gasteiger partial charge on any atom is -0.398 e. The highest BCUT2D eigenvalue weighted by Crippen LogP contribution is 2.38. The zero-order chi connectivity index (χ0) is 15.2. The molecule has 0 radical (unpaired) electrons. The molecule has 0 saturated heterocycles. The summed E-state index contributed by atoms with van der Waals surface area (Å²) >= 11 is 6.03. The number of fused-ring (bicyclic) bond motifs is 1. The topological polar surface area (TPSA) is 54.7 Å². The van der Waals surface area contributed by atoms with Gasteiger partial charge < -0.3 is 5.73 Å². The van der Waals surface area contributed by atoms with E-state index in [1.54, 1.807) is 18.2 Å². The molecule has 1 heterocycles. The molecule has 0 atom stereocenters. The molecule has 0 aliphatic rings. The van der Waals surface area contributed by atoms with Crippen molar-refractivity contribution in [3.63, 3.8) is 0 Å². The van der Waals surface area contributed by atoms with Crippen molar-refractivity contribution in [3.05, 3.63) is 47.0 Å². The van der Waals surface area contributed by atoms with Gasteiger partial charge in [0.1, 0.15) is 5.69 Å². The summed E-state index contributed by atoms with van der Waals surface area (Å²) in [5.41, 5.74) is 6.66. The average molecular weight is 312 g/mol. The van der Waals surface area contributed by atoms with Gasteiger partial charge in [0.2, 0.25) is 0 Å². The SMILES string of the molecule is Nc1cccc2[nH]nc(-c3cc(C(F)(F)F)ccc3Cl)c12. The van der Waals surface area contributed by atoms with Crippen LogP contribution in [-0.4, -0.2) is 10.2 Å². The molecule has 0 aliphatic carbocycles. The fourth-order valence-electron chi connectivity index (χ4n) is 2.18. The normalized spacial score (nSPS) is 12.0. The van der Waals surface area contributed by atoms with Crippen molar-refractivity contribution in [2.45, 2.75) is 6.18 Å². The third-order valence-corrected chi connectivity index (χ3v) is 3.50. The molecule has 3 rings (SSSR count). The summed E-state index contributed by atoms with van der Waals surface area (Å²) in [6, 6.07) is 8.24. The number of alkyl halides is 3. The van der Waals surface area contributed by atoms with E-state index >= 15 is 0 Å². The molecule has 2 aromatic carbocycles. The Morgan fingerprint density at radius 3 is 2.62 bits per heavy atom. The first-order valence-electron chi connectivity index (χ1n) is 5.97. The van der Waals surface area contributed by atoms with Crippen molar-refractivity contribution in [1.29, 1.82) is 0 Å². The summed E-state index contributed by atoms with van der Waals surface area (Å²) in [4.78, 5) is 0. The number of hydrogen-bond donors (Lipinski definition) is 2. The van der Waals surface area contributed by atoms with E-state index in [9.17, 15) is 13.2 Å². The van der Waals surface area contributed by atoms with Gasteiger partial charge in [-0.3, -0.25) is 5.10 Å². The number of anilines is 1. The second-order valence-corrected chi connectivity index (χ2v) is 4.94. The van der Waals surface area contributed by atoms with E-state index in [1.807, 2.05) is 0 Å². The first-order valence-corrected chi connectivity index (χ1v) is 6.35. The van der Waals surface area contributed by atoms with E-state index in [2.05, 4.69) is 10.2 Å². The van der Waals surface area contributed by atoms with Gasteiger partial charge in [0, 0.05) is 11.3 Å². The fraction of sp³-hybridized carbons (Fsp3) is 0.0714. The zero-order valence-electron chi connectivity index (χ0n) is 10.5. The quantitative estimate of drug-likeness (QED) is 0.651. The molecular formula is C14H9ClF3N3. The first kappa shape index (κ1) is 13.8. The smallest absolute Gasteiger partial charge is 0.398 e. The second-order valence-electron chi connectivity index (χ2n) is 4.53. The highest BCUT2D eigenvalue weighted by atomic mass is 35.5. The largest absolute Gasteiger partial charge is 0.416 e. The van der Waals surface area contributed by atoms with Crippen LogP contribution in [0.3, 0.4) is 0 Å². The number of nitrogens with two attached hydrogens (primary N) is 1. The molecule has 3 nitrogen and oxygen atoms in total. The molecule has 21 heavy (non-hydrogen) atoms. The highest BCUT2D eigenvalue weighted by molar-refractivity contribution is 6.33. The van der Waals surface area contributed by atoms with Crippen molar-refractivity contribution in [2.24, 2.45) is 0 Å². The number of hydrogen-bond acceptors (Lipinski definition) is 2. The molecule has 7 heteroatoms. The first-order chi connectivity index (χ1) is 9.88. The van der Waals surface area contributed by atoms with E-state index in [1.165, 1.54) is 6.07 Å². The predicted octanol–water partition coefficient (Wildman–Crippen LogP) is 4.48. The number of benzene rings is 2. The lowest BCUT2D eigenvalue weighted by molar-refractivity contribution is -0.137. The molecule has 0 aliphatic heterocycles.